The molecule has 92 valence electrons. The van der Waals surface area contributed by atoms with Crippen LogP contribution in [0.2, 0.25) is 5.02 Å². The van der Waals surface area contributed by atoms with Crippen LogP contribution in [0, 0.1) is 0 Å². The molecule has 1 aromatic rings. The maximum atomic E-state index is 11.1. The molecule has 1 unspecified atom stereocenters. The van der Waals surface area contributed by atoms with Gasteiger partial charge in [0.25, 0.3) is 0 Å². The summed E-state index contributed by atoms with van der Waals surface area (Å²) in [5, 5.41) is 9.79. The molecule has 1 saturated carbocycles. The summed E-state index contributed by atoms with van der Waals surface area (Å²) in [6.45, 7) is 2.42. The number of aliphatic carboxylic acids is 1. The van der Waals surface area contributed by atoms with Crippen molar-refractivity contribution >= 4 is 17.6 Å². The normalized spacial score (nSPS) is 17.1. The number of hydrogen-bond donors (Lipinski definition) is 1. The lowest BCUT2D eigenvalue weighted by Crippen LogP contribution is -2.39. The fourth-order valence-corrected chi connectivity index (χ4v) is 2.06. The fraction of sp³-hybridized carbons (Fsp3) is 0.462. The van der Waals surface area contributed by atoms with Crippen LogP contribution in [0.5, 0.6) is 0 Å². The molecule has 0 aliphatic heterocycles. The van der Waals surface area contributed by atoms with Gasteiger partial charge in [0.05, 0.1) is 0 Å². The Labute approximate surface area is 106 Å². The van der Waals surface area contributed by atoms with Gasteiger partial charge in [-0.1, -0.05) is 23.7 Å². The first-order valence-electron chi connectivity index (χ1n) is 5.81. The van der Waals surface area contributed by atoms with E-state index in [1.165, 1.54) is 0 Å². The quantitative estimate of drug-likeness (QED) is 0.877. The minimum Gasteiger partial charge on any atom is -0.480 e. The summed E-state index contributed by atoms with van der Waals surface area (Å²) in [5.41, 5.74) is 1.11. The van der Waals surface area contributed by atoms with Crippen molar-refractivity contribution in [3.63, 3.8) is 0 Å². The molecule has 0 spiro atoms. The number of benzene rings is 1. The molecule has 0 heterocycles. The van der Waals surface area contributed by atoms with E-state index < -0.39 is 12.0 Å². The molecule has 3 nitrogen and oxygen atoms in total. The van der Waals surface area contributed by atoms with Crippen molar-refractivity contribution in [2.45, 2.75) is 38.4 Å². The Morgan fingerprint density at radius 2 is 2.06 bits per heavy atom. The molecule has 0 bridgehead atoms. The molecule has 17 heavy (non-hydrogen) atoms. The molecule has 4 heteroatoms. The molecule has 1 aliphatic carbocycles. The monoisotopic (exact) mass is 253 g/mol. The second-order valence-electron chi connectivity index (χ2n) is 4.54. The molecule has 1 N–H and O–H groups in total. The smallest absolute Gasteiger partial charge is 0.320 e. The lowest BCUT2D eigenvalue weighted by Gasteiger charge is -2.26. The lowest BCUT2D eigenvalue weighted by atomic mass is 10.1. The zero-order valence-corrected chi connectivity index (χ0v) is 10.5. The van der Waals surface area contributed by atoms with E-state index in [2.05, 4.69) is 0 Å². The van der Waals surface area contributed by atoms with Gasteiger partial charge in [0.1, 0.15) is 6.04 Å². The Morgan fingerprint density at radius 3 is 2.53 bits per heavy atom. The van der Waals surface area contributed by atoms with Crippen molar-refractivity contribution in [3.05, 3.63) is 34.9 Å². The molecule has 1 aliphatic rings. The van der Waals surface area contributed by atoms with Crippen molar-refractivity contribution in [2.75, 3.05) is 0 Å². The second kappa shape index (κ2) is 5.07. The number of rotatable bonds is 5. The van der Waals surface area contributed by atoms with E-state index in [-0.39, 0.29) is 0 Å². The molecule has 0 saturated heterocycles. The van der Waals surface area contributed by atoms with Gasteiger partial charge in [-0.15, -0.1) is 0 Å². The summed E-state index contributed by atoms with van der Waals surface area (Å²) >= 11 is 5.83. The number of carbonyl (C=O) groups is 1. The van der Waals surface area contributed by atoms with Crippen LogP contribution in [0.1, 0.15) is 25.3 Å². The predicted octanol–water partition coefficient (Wildman–Crippen LogP) is 2.78. The lowest BCUT2D eigenvalue weighted by molar-refractivity contribution is -0.143. The Kier molecular flexibility index (Phi) is 3.69. The van der Waals surface area contributed by atoms with E-state index in [4.69, 9.17) is 16.7 Å². The first kappa shape index (κ1) is 12.4. The highest BCUT2D eigenvalue weighted by Crippen LogP contribution is 2.30. The molecular formula is C13H16ClNO2. The summed E-state index contributed by atoms with van der Waals surface area (Å²) in [5.74, 6) is -0.758. The highest BCUT2D eigenvalue weighted by Gasteiger charge is 2.34. The minimum absolute atomic E-state index is 0.428. The van der Waals surface area contributed by atoms with Crippen LogP contribution in [-0.2, 0) is 11.3 Å². The second-order valence-corrected chi connectivity index (χ2v) is 4.98. The summed E-state index contributed by atoms with van der Waals surface area (Å²) in [6, 6.07) is 7.58. The SMILES string of the molecule is CC(C(=O)O)N(Cc1ccc(Cl)cc1)C1CC1. The molecule has 1 fully saturated rings. The van der Waals surface area contributed by atoms with Gasteiger partial charge in [-0.05, 0) is 37.5 Å². The highest BCUT2D eigenvalue weighted by molar-refractivity contribution is 6.30. The standard InChI is InChI=1S/C13H16ClNO2/c1-9(13(16)17)15(12-6-7-12)8-10-2-4-11(14)5-3-10/h2-5,9,12H,6-8H2,1H3,(H,16,17). The minimum atomic E-state index is -0.758. The van der Waals surface area contributed by atoms with Gasteiger partial charge in [0.15, 0.2) is 0 Å². The van der Waals surface area contributed by atoms with Crippen molar-refractivity contribution in [3.8, 4) is 0 Å². The van der Waals surface area contributed by atoms with Crippen LogP contribution < -0.4 is 0 Å². The summed E-state index contributed by atoms with van der Waals surface area (Å²) in [7, 11) is 0. The topological polar surface area (TPSA) is 40.5 Å². The Hall–Kier alpha value is -1.06. The van der Waals surface area contributed by atoms with Gasteiger partial charge in [0.2, 0.25) is 0 Å². The average molecular weight is 254 g/mol. The van der Waals surface area contributed by atoms with E-state index in [0.29, 0.717) is 17.6 Å². The van der Waals surface area contributed by atoms with E-state index in [0.717, 1.165) is 18.4 Å². The van der Waals surface area contributed by atoms with Gasteiger partial charge < -0.3 is 5.11 Å². The van der Waals surface area contributed by atoms with Crippen LogP contribution >= 0.6 is 11.6 Å². The number of nitrogens with zero attached hydrogens (tertiary/aromatic N) is 1. The molecular weight excluding hydrogens is 238 g/mol. The average Bonchev–Trinajstić information content (AvgIpc) is 3.11. The van der Waals surface area contributed by atoms with Crippen LogP contribution in [0.4, 0.5) is 0 Å². The van der Waals surface area contributed by atoms with E-state index in [1.54, 1.807) is 6.92 Å². The highest BCUT2D eigenvalue weighted by atomic mass is 35.5. The summed E-state index contributed by atoms with van der Waals surface area (Å²) < 4.78 is 0. The van der Waals surface area contributed by atoms with E-state index in [1.807, 2.05) is 29.2 Å². The van der Waals surface area contributed by atoms with Gasteiger partial charge in [-0.2, -0.15) is 0 Å². The van der Waals surface area contributed by atoms with Gasteiger partial charge in [-0.25, -0.2) is 0 Å². The van der Waals surface area contributed by atoms with Crippen LogP contribution in [0.3, 0.4) is 0 Å². The van der Waals surface area contributed by atoms with Crippen molar-refractivity contribution < 1.29 is 9.90 Å². The number of carboxylic acid groups (broad SMARTS) is 1. The first-order valence-corrected chi connectivity index (χ1v) is 6.18. The zero-order chi connectivity index (χ0) is 12.4. The third-order valence-electron chi connectivity index (χ3n) is 3.15. The van der Waals surface area contributed by atoms with Crippen LogP contribution in [0.15, 0.2) is 24.3 Å². The van der Waals surface area contributed by atoms with E-state index in [9.17, 15) is 4.79 Å². The van der Waals surface area contributed by atoms with Crippen molar-refractivity contribution in [2.24, 2.45) is 0 Å². The molecule has 0 aromatic heterocycles. The maximum Gasteiger partial charge on any atom is 0.320 e. The molecule has 1 aromatic carbocycles. The van der Waals surface area contributed by atoms with Gasteiger partial charge in [-0.3, -0.25) is 9.69 Å². The molecule has 0 radical (unpaired) electrons. The molecule has 0 amide bonds. The predicted molar refractivity (Wildman–Crippen MR) is 67.1 cm³/mol. The van der Waals surface area contributed by atoms with Crippen molar-refractivity contribution in [1.29, 1.82) is 0 Å². The van der Waals surface area contributed by atoms with E-state index >= 15 is 0 Å². The first-order chi connectivity index (χ1) is 8.08. The van der Waals surface area contributed by atoms with Crippen LogP contribution in [-0.4, -0.2) is 28.1 Å². The Bertz CT molecular complexity index is 400. The number of halogens is 1. The van der Waals surface area contributed by atoms with Gasteiger partial charge in [0, 0.05) is 17.6 Å². The van der Waals surface area contributed by atoms with Gasteiger partial charge >= 0.3 is 5.97 Å². The van der Waals surface area contributed by atoms with Crippen molar-refractivity contribution in [1.82, 2.24) is 4.90 Å². The molecule has 1 atom stereocenters. The third kappa shape index (κ3) is 3.20. The molecule has 2 rings (SSSR count). The fourth-order valence-electron chi connectivity index (χ4n) is 1.93. The Balaban J connectivity index is 2.07. The maximum absolute atomic E-state index is 11.1. The number of carboxylic acids is 1. The summed E-state index contributed by atoms with van der Waals surface area (Å²) in [6.07, 6.45) is 2.20. The third-order valence-corrected chi connectivity index (χ3v) is 3.40. The zero-order valence-electron chi connectivity index (χ0n) is 9.77. The largest absolute Gasteiger partial charge is 0.480 e. The summed E-state index contributed by atoms with van der Waals surface area (Å²) in [4.78, 5) is 13.1. The van der Waals surface area contributed by atoms with Crippen LogP contribution in [0.25, 0.3) is 0 Å². The Morgan fingerprint density at radius 1 is 1.47 bits per heavy atom. The number of hydrogen-bond acceptors (Lipinski definition) is 2.